The summed E-state index contributed by atoms with van der Waals surface area (Å²) < 4.78 is 0. The third-order valence-electron chi connectivity index (χ3n) is 1.55. The van der Waals surface area contributed by atoms with Gasteiger partial charge in [-0.05, 0) is 20.3 Å². The molecule has 0 saturated carbocycles. The minimum absolute atomic E-state index is 0.454. The summed E-state index contributed by atoms with van der Waals surface area (Å²) in [4.78, 5) is 21.4. The van der Waals surface area contributed by atoms with Crippen molar-refractivity contribution in [1.29, 1.82) is 0 Å². The average molecular weight is 200 g/mol. The van der Waals surface area contributed by atoms with Crippen LogP contribution in [0.15, 0.2) is 12.2 Å². The predicted octanol–water partition coefficient (Wildman–Crippen LogP) is 0.725. The van der Waals surface area contributed by atoms with Gasteiger partial charge in [0.05, 0.1) is 0 Å². The number of rotatable bonds is 5. The van der Waals surface area contributed by atoms with E-state index in [1.807, 2.05) is 19.1 Å². The summed E-state index contributed by atoms with van der Waals surface area (Å²) in [5, 5.41) is 13.3. The molecule has 0 rings (SSSR count). The zero-order valence-corrected chi connectivity index (χ0v) is 8.41. The van der Waals surface area contributed by atoms with E-state index in [9.17, 15) is 9.59 Å². The normalized spacial score (nSPS) is 12.4. The van der Waals surface area contributed by atoms with Crippen molar-refractivity contribution in [3.63, 3.8) is 0 Å². The number of hydrogen-bond donors (Lipinski definition) is 3. The molecule has 14 heavy (non-hydrogen) atoms. The van der Waals surface area contributed by atoms with Gasteiger partial charge in [0.15, 0.2) is 0 Å². The van der Waals surface area contributed by atoms with Crippen molar-refractivity contribution in [2.75, 3.05) is 6.54 Å². The van der Waals surface area contributed by atoms with Gasteiger partial charge in [0.2, 0.25) is 0 Å². The Balaban J connectivity index is 3.60. The Labute approximate surface area is 83.2 Å². The van der Waals surface area contributed by atoms with E-state index in [-0.39, 0.29) is 0 Å². The molecule has 5 heteroatoms. The number of hydrogen-bond acceptors (Lipinski definition) is 2. The fourth-order valence-electron chi connectivity index (χ4n) is 0.745. The first-order valence-corrected chi connectivity index (χ1v) is 4.46. The van der Waals surface area contributed by atoms with Crippen LogP contribution in [0.25, 0.3) is 0 Å². The molecule has 1 unspecified atom stereocenters. The molecule has 0 bridgehead atoms. The molecule has 0 aliphatic carbocycles. The number of nitrogens with one attached hydrogen (secondary N) is 2. The molecule has 0 spiro atoms. The number of urea groups is 1. The van der Waals surface area contributed by atoms with Gasteiger partial charge in [0.1, 0.15) is 6.04 Å². The number of amides is 2. The fourth-order valence-corrected chi connectivity index (χ4v) is 0.745. The van der Waals surface area contributed by atoms with E-state index in [1.165, 1.54) is 6.92 Å². The lowest BCUT2D eigenvalue weighted by atomic mass is 10.3. The van der Waals surface area contributed by atoms with Crippen LogP contribution in [0.4, 0.5) is 4.79 Å². The Kier molecular flexibility index (Phi) is 6.19. The summed E-state index contributed by atoms with van der Waals surface area (Å²) in [6.45, 7) is 3.81. The number of carbonyl (C=O) groups excluding carboxylic acids is 1. The molecule has 0 aromatic heterocycles. The quantitative estimate of drug-likeness (QED) is 0.452. The maximum Gasteiger partial charge on any atom is 0.325 e. The van der Waals surface area contributed by atoms with E-state index in [1.54, 1.807) is 0 Å². The molecule has 1 atom stereocenters. The highest BCUT2D eigenvalue weighted by Gasteiger charge is 2.12. The van der Waals surface area contributed by atoms with Gasteiger partial charge in [-0.1, -0.05) is 12.2 Å². The van der Waals surface area contributed by atoms with Crippen molar-refractivity contribution in [1.82, 2.24) is 10.6 Å². The van der Waals surface area contributed by atoms with E-state index >= 15 is 0 Å². The van der Waals surface area contributed by atoms with Crippen LogP contribution in [0.2, 0.25) is 0 Å². The van der Waals surface area contributed by atoms with E-state index in [2.05, 4.69) is 10.6 Å². The molecule has 0 aliphatic heterocycles. The van der Waals surface area contributed by atoms with Gasteiger partial charge in [-0.15, -0.1) is 0 Å². The van der Waals surface area contributed by atoms with Crippen molar-refractivity contribution >= 4 is 12.0 Å². The zero-order valence-electron chi connectivity index (χ0n) is 8.41. The Hall–Kier alpha value is -1.52. The molecular weight excluding hydrogens is 184 g/mol. The minimum Gasteiger partial charge on any atom is -0.480 e. The summed E-state index contributed by atoms with van der Waals surface area (Å²) in [6.07, 6.45) is 4.55. The van der Waals surface area contributed by atoms with Gasteiger partial charge in [-0.2, -0.15) is 0 Å². The Morgan fingerprint density at radius 3 is 2.64 bits per heavy atom. The molecular formula is C9H16N2O3. The summed E-state index contributed by atoms with van der Waals surface area (Å²) in [7, 11) is 0. The lowest BCUT2D eigenvalue weighted by molar-refractivity contribution is -0.138. The number of carboxylic acids is 1. The number of aliphatic carboxylic acids is 1. The van der Waals surface area contributed by atoms with Crippen LogP contribution >= 0.6 is 0 Å². The van der Waals surface area contributed by atoms with Crippen molar-refractivity contribution in [3.05, 3.63) is 12.2 Å². The highest BCUT2D eigenvalue weighted by molar-refractivity contribution is 5.82. The SMILES string of the molecule is C/C=C/CCNC(=O)NC(C)C(=O)O. The molecule has 0 radical (unpaired) electrons. The first-order valence-electron chi connectivity index (χ1n) is 4.46. The van der Waals surface area contributed by atoms with Crippen LogP contribution in [0.5, 0.6) is 0 Å². The van der Waals surface area contributed by atoms with Crippen molar-refractivity contribution in [3.8, 4) is 0 Å². The largest absolute Gasteiger partial charge is 0.480 e. The number of allylic oxidation sites excluding steroid dienone is 1. The molecule has 80 valence electrons. The summed E-state index contributed by atoms with van der Waals surface area (Å²) in [5.74, 6) is -1.05. The first-order chi connectivity index (χ1) is 6.57. The molecule has 0 aromatic carbocycles. The average Bonchev–Trinajstić information content (AvgIpc) is 2.12. The van der Waals surface area contributed by atoms with Crippen LogP contribution < -0.4 is 10.6 Å². The smallest absolute Gasteiger partial charge is 0.325 e. The third kappa shape index (κ3) is 6.05. The lowest BCUT2D eigenvalue weighted by Crippen LogP contribution is -2.44. The lowest BCUT2D eigenvalue weighted by Gasteiger charge is -2.09. The highest BCUT2D eigenvalue weighted by Crippen LogP contribution is 1.82. The van der Waals surface area contributed by atoms with Crippen LogP contribution in [0, 0.1) is 0 Å². The predicted molar refractivity (Wildman–Crippen MR) is 53.1 cm³/mol. The molecule has 0 fully saturated rings. The molecule has 2 amide bonds. The second-order valence-corrected chi connectivity index (χ2v) is 2.82. The van der Waals surface area contributed by atoms with E-state index in [0.29, 0.717) is 6.54 Å². The zero-order chi connectivity index (χ0) is 11.0. The van der Waals surface area contributed by atoms with E-state index in [0.717, 1.165) is 6.42 Å². The Morgan fingerprint density at radius 2 is 2.14 bits per heavy atom. The molecule has 0 aliphatic rings. The van der Waals surface area contributed by atoms with Crippen LogP contribution in [0.1, 0.15) is 20.3 Å². The fraction of sp³-hybridized carbons (Fsp3) is 0.556. The Bertz CT molecular complexity index is 226. The van der Waals surface area contributed by atoms with Crippen molar-refractivity contribution in [2.24, 2.45) is 0 Å². The number of carbonyl (C=O) groups is 2. The van der Waals surface area contributed by atoms with Gasteiger partial charge in [-0.3, -0.25) is 4.79 Å². The summed E-state index contributed by atoms with van der Waals surface area (Å²) in [5.41, 5.74) is 0. The van der Waals surface area contributed by atoms with Gasteiger partial charge < -0.3 is 15.7 Å². The highest BCUT2D eigenvalue weighted by atomic mass is 16.4. The monoisotopic (exact) mass is 200 g/mol. The molecule has 3 N–H and O–H groups in total. The van der Waals surface area contributed by atoms with Gasteiger partial charge in [0, 0.05) is 6.54 Å². The second-order valence-electron chi connectivity index (χ2n) is 2.82. The van der Waals surface area contributed by atoms with Gasteiger partial charge >= 0.3 is 12.0 Å². The maximum atomic E-state index is 11.0. The van der Waals surface area contributed by atoms with Crippen LogP contribution in [-0.4, -0.2) is 29.7 Å². The molecule has 0 saturated heterocycles. The summed E-state index contributed by atoms with van der Waals surface area (Å²) >= 11 is 0. The van der Waals surface area contributed by atoms with E-state index in [4.69, 9.17) is 5.11 Å². The van der Waals surface area contributed by atoms with E-state index < -0.39 is 18.0 Å². The molecule has 0 heterocycles. The molecule has 5 nitrogen and oxygen atoms in total. The third-order valence-corrected chi connectivity index (χ3v) is 1.55. The Morgan fingerprint density at radius 1 is 1.50 bits per heavy atom. The van der Waals surface area contributed by atoms with Crippen molar-refractivity contribution in [2.45, 2.75) is 26.3 Å². The first kappa shape index (κ1) is 12.5. The van der Waals surface area contributed by atoms with Gasteiger partial charge in [-0.25, -0.2) is 4.79 Å². The van der Waals surface area contributed by atoms with Gasteiger partial charge in [0.25, 0.3) is 0 Å². The van der Waals surface area contributed by atoms with Crippen molar-refractivity contribution < 1.29 is 14.7 Å². The number of carboxylic acid groups (broad SMARTS) is 1. The standard InChI is InChI=1S/C9H16N2O3/c1-3-4-5-6-10-9(14)11-7(2)8(12)13/h3-4,7H,5-6H2,1-2H3,(H,12,13)(H2,10,11,14)/b4-3+. The topological polar surface area (TPSA) is 78.4 Å². The van der Waals surface area contributed by atoms with Crippen LogP contribution in [-0.2, 0) is 4.79 Å². The minimum atomic E-state index is -1.05. The maximum absolute atomic E-state index is 11.0. The summed E-state index contributed by atoms with van der Waals surface area (Å²) in [6, 6.07) is -1.32. The second kappa shape index (κ2) is 6.94. The molecule has 0 aromatic rings. The van der Waals surface area contributed by atoms with Crippen LogP contribution in [0.3, 0.4) is 0 Å².